The molecule has 0 aliphatic carbocycles. The molecule has 262 valence electrons. The molecule has 3 nitrogen and oxygen atoms in total. The van der Waals surface area contributed by atoms with E-state index in [-0.39, 0.29) is 0 Å². The monoisotopic (exact) mass is 749 g/mol. The van der Waals surface area contributed by atoms with Gasteiger partial charge in [0.25, 0.3) is 0 Å². The van der Waals surface area contributed by atoms with Crippen LogP contribution in [0.1, 0.15) is 0 Å². The predicted octanol–water partition coefficient (Wildman–Crippen LogP) is 14.6. The fourth-order valence-electron chi connectivity index (χ4n) is 7.82. The molecule has 0 saturated heterocycles. The first-order valence-electron chi connectivity index (χ1n) is 18.7. The lowest BCUT2D eigenvalue weighted by molar-refractivity contribution is 1.07. The summed E-state index contributed by atoms with van der Waals surface area (Å²) in [7, 11) is 0. The zero-order chi connectivity index (χ0) is 37.0. The van der Waals surface area contributed by atoms with Crippen LogP contribution in [0.4, 0.5) is 0 Å². The molecule has 0 aliphatic rings. The third kappa shape index (κ3) is 5.68. The highest BCUT2D eigenvalue weighted by Gasteiger charge is 2.18. The van der Waals surface area contributed by atoms with Crippen molar-refractivity contribution >= 4 is 63.0 Å². The van der Waals surface area contributed by atoms with E-state index in [0.29, 0.717) is 17.5 Å². The van der Waals surface area contributed by atoms with Crippen LogP contribution in [-0.4, -0.2) is 15.0 Å². The van der Waals surface area contributed by atoms with Gasteiger partial charge in [0.1, 0.15) is 0 Å². The van der Waals surface area contributed by atoms with Crippen LogP contribution in [0.5, 0.6) is 0 Å². The number of benzene rings is 8. The molecular weight excluding hydrogens is 719 g/mol. The second-order valence-electron chi connectivity index (χ2n) is 14.0. The van der Waals surface area contributed by atoms with E-state index in [2.05, 4.69) is 176 Å². The van der Waals surface area contributed by atoms with Gasteiger partial charge < -0.3 is 0 Å². The van der Waals surface area contributed by atoms with E-state index in [0.717, 1.165) is 33.4 Å². The number of nitrogens with zero attached hydrogens (tertiary/aromatic N) is 3. The van der Waals surface area contributed by atoms with Crippen molar-refractivity contribution in [2.75, 3.05) is 0 Å². The minimum absolute atomic E-state index is 0.643. The molecule has 8 aromatic carbocycles. The lowest BCUT2D eigenvalue weighted by atomic mass is 9.97. The maximum atomic E-state index is 5.16. The average molecular weight is 750 g/mol. The molecule has 0 atom stereocenters. The number of thiophene rings is 2. The Morgan fingerprint density at radius 3 is 1.59 bits per heavy atom. The Labute approximate surface area is 331 Å². The van der Waals surface area contributed by atoms with E-state index in [1.165, 1.54) is 57.0 Å². The Balaban J connectivity index is 1.05. The number of rotatable bonds is 6. The van der Waals surface area contributed by atoms with E-state index >= 15 is 0 Å². The Kier molecular flexibility index (Phi) is 7.87. The number of aromatic nitrogens is 3. The molecule has 3 aromatic heterocycles. The van der Waals surface area contributed by atoms with Crippen molar-refractivity contribution in [2.24, 2.45) is 0 Å². The van der Waals surface area contributed by atoms with Gasteiger partial charge in [0, 0.05) is 62.6 Å². The molecule has 0 aliphatic heterocycles. The van der Waals surface area contributed by atoms with Crippen LogP contribution < -0.4 is 0 Å². The van der Waals surface area contributed by atoms with Crippen LogP contribution in [0.3, 0.4) is 0 Å². The van der Waals surface area contributed by atoms with Crippen LogP contribution in [0.25, 0.3) is 108 Å². The second kappa shape index (κ2) is 13.5. The number of hydrogen-bond acceptors (Lipinski definition) is 5. The molecule has 0 saturated carbocycles. The van der Waals surface area contributed by atoms with Gasteiger partial charge in [0.2, 0.25) is 0 Å². The minimum atomic E-state index is 0.643. The van der Waals surface area contributed by atoms with Crippen molar-refractivity contribution in [3.8, 4) is 67.5 Å². The van der Waals surface area contributed by atoms with Gasteiger partial charge in [-0.15, -0.1) is 22.7 Å². The SMILES string of the molecule is c1ccc(-c2ccc(-c3nc(-c4cccc(-c5ccccc5)c4)nc(-c4ccc5c(c4)sc4cccc(-c6cccc7c6sc6ccccc67)c45)n3)cc2)cc1. The standard InChI is InChI=1S/C51H31N3S2/c1-3-12-32(13-4-1)34-24-26-35(27-25-34)49-52-50(37-17-9-16-36(30-37)33-14-5-2-6-15-33)54-51(53-49)38-28-29-43-46(31-38)55-45-23-11-19-40(47(43)45)42-21-10-20-41-39-18-7-8-22-44(39)56-48(41)42/h1-31H. The molecule has 0 amide bonds. The Morgan fingerprint density at radius 1 is 0.286 bits per heavy atom. The van der Waals surface area contributed by atoms with E-state index < -0.39 is 0 Å². The summed E-state index contributed by atoms with van der Waals surface area (Å²) in [6.45, 7) is 0. The van der Waals surface area contributed by atoms with Gasteiger partial charge in [-0.1, -0.05) is 164 Å². The summed E-state index contributed by atoms with van der Waals surface area (Å²) in [4.78, 5) is 15.4. The highest BCUT2D eigenvalue weighted by molar-refractivity contribution is 7.26. The highest BCUT2D eigenvalue weighted by atomic mass is 32.1. The van der Waals surface area contributed by atoms with Crippen molar-refractivity contribution in [3.63, 3.8) is 0 Å². The molecule has 11 rings (SSSR count). The topological polar surface area (TPSA) is 38.7 Å². The Morgan fingerprint density at radius 2 is 0.804 bits per heavy atom. The molecule has 0 N–H and O–H groups in total. The van der Waals surface area contributed by atoms with E-state index in [9.17, 15) is 0 Å². The van der Waals surface area contributed by atoms with Crippen LogP contribution in [0.15, 0.2) is 188 Å². The molecule has 0 bridgehead atoms. The molecule has 0 spiro atoms. The first-order valence-corrected chi connectivity index (χ1v) is 20.3. The summed E-state index contributed by atoms with van der Waals surface area (Å²) < 4.78 is 5.11. The van der Waals surface area contributed by atoms with Crippen LogP contribution in [0, 0.1) is 0 Å². The molecular formula is C51H31N3S2. The second-order valence-corrected chi connectivity index (χ2v) is 16.1. The van der Waals surface area contributed by atoms with E-state index in [1.807, 2.05) is 34.8 Å². The minimum Gasteiger partial charge on any atom is -0.208 e. The maximum Gasteiger partial charge on any atom is 0.164 e. The molecule has 56 heavy (non-hydrogen) atoms. The van der Waals surface area contributed by atoms with Gasteiger partial charge in [0.15, 0.2) is 17.5 Å². The molecule has 0 unspecified atom stereocenters. The highest BCUT2D eigenvalue weighted by Crippen LogP contribution is 2.46. The quantitative estimate of drug-likeness (QED) is 0.170. The molecule has 5 heteroatoms. The van der Waals surface area contributed by atoms with Crippen LogP contribution >= 0.6 is 22.7 Å². The number of fused-ring (bicyclic) bond motifs is 6. The van der Waals surface area contributed by atoms with Crippen molar-refractivity contribution < 1.29 is 0 Å². The average Bonchev–Trinajstić information content (AvgIpc) is 3.85. The van der Waals surface area contributed by atoms with Crippen molar-refractivity contribution in [3.05, 3.63) is 188 Å². The summed E-state index contributed by atoms with van der Waals surface area (Å²) in [6.07, 6.45) is 0. The van der Waals surface area contributed by atoms with Crippen molar-refractivity contribution in [1.29, 1.82) is 0 Å². The van der Waals surface area contributed by atoms with Gasteiger partial charge in [-0.25, -0.2) is 15.0 Å². The summed E-state index contributed by atoms with van der Waals surface area (Å²) >= 11 is 3.70. The zero-order valence-electron chi connectivity index (χ0n) is 30.1. The van der Waals surface area contributed by atoms with Crippen molar-refractivity contribution in [2.45, 2.75) is 0 Å². The Bertz CT molecular complexity index is 3240. The summed E-state index contributed by atoms with van der Waals surface area (Å²) in [5, 5.41) is 5.16. The number of hydrogen-bond donors (Lipinski definition) is 0. The van der Waals surface area contributed by atoms with Gasteiger partial charge >= 0.3 is 0 Å². The van der Waals surface area contributed by atoms with Gasteiger partial charge in [-0.05, 0) is 52.1 Å². The normalized spacial score (nSPS) is 11.6. The lowest BCUT2D eigenvalue weighted by Gasteiger charge is -2.10. The summed E-state index contributed by atoms with van der Waals surface area (Å²) in [5.41, 5.74) is 9.98. The summed E-state index contributed by atoms with van der Waals surface area (Å²) in [6, 6.07) is 66.7. The van der Waals surface area contributed by atoms with Gasteiger partial charge in [-0.3, -0.25) is 0 Å². The maximum absolute atomic E-state index is 5.16. The van der Waals surface area contributed by atoms with Crippen LogP contribution in [0.2, 0.25) is 0 Å². The Hall–Kier alpha value is -6.79. The van der Waals surface area contributed by atoms with E-state index in [4.69, 9.17) is 15.0 Å². The fraction of sp³-hybridized carbons (Fsp3) is 0. The molecule has 0 fully saturated rings. The lowest BCUT2D eigenvalue weighted by Crippen LogP contribution is -2.00. The van der Waals surface area contributed by atoms with Crippen LogP contribution in [-0.2, 0) is 0 Å². The molecule has 0 radical (unpaired) electrons. The molecule has 3 heterocycles. The van der Waals surface area contributed by atoms with E-state index in [1.54, 1.807) is 0 Å². The predicted molar refractivity (Wildman–Crippen MR) is 238 cm³/mol. The first kappa shape index (κ1) is 32.6. The fourth-order valence-corrected chi connectivity index (χ4v) is 10.2. The molecule has 11 aromatic rings. The van der Waals surface area contributed by atoms with Gasteiger partial charge in [-0.2, -0.15) is 0 Å². The largest absolute Gasteiger partial charge is 0.208 e. The third-order valence-corrected chi connectivity index (χ3v) is 12.9. The van der Waals surface area contributed by atoms with Crippen molar-refractivity contribution in [1.82, 2.24) is 15.0 Å². The third-order valence-electron chi connectivity index (χ3n) is 10.6. The van der Waals surface area contributed by atoms with Gasteiger partial charge in [0.05, 0.1) is 0 Å². The summed E-state index contributed by atoms with van der Waals surface area (Å²) in [5.74, 6) is 1.94. The smallest absolute Gasteiger partial charge is 0.164 e. The zero-order valence-corrected chi connectivity index (χ0v) is 31.7. The first-order chi connectivity index (χ1) is 27.7.